The van der Waals surface area contributed by atoms with Gasteiger partial charge >= 0.3 is 5.97 Å². The van der Waals surface area contributed by atoms with Gasteiger partial charge in [0.2, 0.25) is 0 Å². The third-order valence-corrected chi connectivity index (χ3v) is 5.17. The van der Waals surface area contributed by atoms with Crippen LogP contribution in [0.5, 0.6) is 11.5 Å². The minimum Gasteiger partial charge on any atom is -0.497 e. The van der Waals surface area contributed by atoms with Crippen molar-refractivity contribution in [3.8, 4) is 11.5 Å². The molecule has 2 aromatic carbocycles. The van der Waals surface area contributed by atoms with Gasteiger partial charge in [0, 0.05) is 0 Å². The third kappa shape index (κ3) is 4.71. The first kappa shape index (κ1) is 19.9. The molecule has 0 unspecified atom stereocenters. The van der Waals surface area contributed by atoms with Crippen LogP contribution in [0.25, 0.3) is 6.08 Å². The summed E-state index contributed by atoms with van der Waals surface area (Å²) in [5.41, 5.74) is 1.44. The van der Waals surface area contributed by atoms with Crippen LogP contribution < -0.4 is 14.4 Å². The lowest BCUT2D eigenvalue weighted by molar-refractivity contribution is -0.137. The second-order valence-corrected chi connectivity index (χ2v) is 7.46. The molecule has 8 heteroatoms. The van der Waals surface area contributed by atoms with Crippen molar-refractivity contribution in [2.45, 2.75) is 6.42 Å². The zero-order valence-electron chi connectivity index (χ0n) is 15.0. The summed E-state index contributed by atoms with van der Waals surface area (Å²) in [7, 11) is 1.58. The lowest BCUT2D eigenvalue weighted by Gasteiger charge is -2.14. The smallest absolute Gasteiger partial charge is 0.306 e. The summed E-state index contributed by atoms with van der Waals surface area (Å²) in [4.78, 5) is 25.4. The number of rotatable bonds is 7. The topological polar surface area (TPSA) is 76.1 Å². The molecule has 1 aliphatic rings. The lowest BCUT2D eigenvalue weighted by atomic mass is 10.2. The Morgan fingerprint density at radius 3 is 2.64 bits per heavy atom. The van der Waals surface area contributed by atoms with E-state index >= 15 is 0 Å². The van der Waals surface area contributed by atoms with Crippen molar-refractivity contribution in [3.63, 3.8) is 0 Å². The van der Waals surface area contributed by atoms with Crippen molar-refractivity contribution >= 4 is 51.9 Å². The number of carbonyl (C=O) groups is 2. The molecule has 1 fully saturated rings. The zero-order valence-corrected chi connectivity index (χ0v) is 16.6. The fraction of sp³-hybridized carbons (Fsp3) is 0.150. The van der Waals surface area contributed by atoms with Crippen molar-refractivity contribution in [2.75, 3.05) is 18.6 Å². The highest BCUT2D eigenvalue weighted by Crippen LogP contribution is 2.36. The molecule has 0 saturated carbocycles. The summed E-state index contributed by atoms with van der Waals surface area (Å²) < 4.78 is 11.0. The largest absolute Gasteiger partial charge is 0.497 e. The molecule has 0 spiro atoms. The van der Waals surface area contributed by atoms with Gasteiger partial charge in [-0.2, -0.15) is 0 Å². The SMILES string of the molecule is COc1ccc(N2C(=O)/C(=C\c3cccc(OCCC(=O)O)c3)SC2=S)cc1. The average Bonchev–Trinajstić information content (AvgIpc) is 2.95. The van der Waals surface area contributed by atoms with Gasteiger partial charge in [-0.25, -0.2) is 0 Å². The molecule has 1 heterocycles. The van der Waals surface area contributed by atoms with Crippen LogP contribution in [0.3, 0.4) is 0 Å². The maximum Gasteiger partial charge on any atom is 0.306 e. The van der Waals surface area contributed by atoms with Crippen molar-refractivity contribution in [1.82, 2.24) is 0 Å². The molecule has 0 radical (unpaired) electrons. The normalized spacial score (nSPS) is 15.2. The molecule has 1 N–H and O–H groups in total. The molecule has 2 aromatic rings. The van der Waals surface area contributed by atoms with Gasteiger partial charge in [-0.1, -0.05) is 36.1 Å². The van der Waals surface area contributed by atoms with Gasteiger partial charge in [0.05, 0.1) is 30.7 Å². The number of anilines is 1. The number of thioether (sulfide) groups is 1. The van der Waals surface area contributed by atoms with E-state index in [-0.39, 0.29) is 18.9 Å². The molecule has 144 valence electrons. The Labute approximate surface area is 171 Å². The van der Waals surface area contributed by atoms with Crippen LogP contribution in [-0.2, 0) is 9.59 Å². The molecule has 3 rings (SSSR count). The minimum absolute atomic E-state index is 0.0786. The van der Waals surface area contributed by atoms with Crippen molar-refractivity contribution in [2.24, 2.45) is 0 Å². The standard InChI is InChI=1S/C20H17NO5S2/c1-25-15-7-5-14(6-8-15)21-19(24)17(28-20(21)27)12-13-3-2-4-16(11-13)26-10-9-18(22)23/h2-8,11-12H,9-10H2,1H3,(H,22,23)/b17-12+. The second kappa shape index (κ2) is 8.90. The van der Waals surface area contributed by atoms with Crippen molar-refractivity contribution in [1.29, 1.82) is 0 Å². The number of carboxylic acids is 1. The molecular weight excluding hydrogens is 398 g/mol. The molecule has 1 amide bonds. The number of hydrogen-bond donors (Lipinski definition) is 1. The predicted octanol–water partition coefficient (Wildman–Crippen LogP) is 3.95. The summed E-state index contributed by atoms with van der Waals surface area (Å²) in [5.74, 6) is 0.126. The quantitative estimate of drug-likeness (QED) is 0.542. The van der Waals surface area contributed by atoms with Gasteiger partial charge in [0.15, 0.2) is 4.32 Å². The van der Waals surface area contributed by atoms with Gasteiger partial charge in [-0.3, -0.25) is 14.5 Å². The van der Waals surface area contributed by atoms with E-state index in [1.807, 2.05) is 6.07 Å². The maximum atomic E-state index is 12.8. The first-order chi connectivity index (χ1) is 13.5. The Morgan fingerprint density at radius 2 is 1.96 bits per heavy atom. The van der Waals surface area contributed by atoms with Crippen LogP contribution in [0.2, 0.25) is 0 Å². The second-order valence-electron chi connectivity index (χ2n) is 5.78. The van der Waals surface area contributed by atoms with Crippen LogP contribution in [0.15, 0.2) is 53.4 Å². The number of carbonyl (C=O) groups excluding carboxylic acids is 1. The number of carboxylic acid groups (broad SMARTS) is 1. The van der Waals surface area contributed by atoms with Crippen molar-refractivity contribution in [3.05, 3.63) is 59.0 Å². The molecule has 0 atom stereocenters. The molecule has 0 aliphatic carbocycles. The van der Waals surface area contributed by atoms with Gasteiger partial charge < -0.3 is 14.6 Å². The number of ether oxygens (including phenoxy) is 2. The van der Waals surface area contributed by atoms with E-state index < -0.39 is 5.97 Å². The summed E-state index contributed by atoms with van der Waals surface area (Å²) in [6.07, 6.45) is 1.66. The number of benzene rings is 2. The average molecular weight is 415 g/mol. The molecule has 1 aliphatic heterocycles. The number of nitrogens with zero attached hydrogens (tertiary/aromatic N) is 1. The highest BCUT2D eigenvalue weighted by atomic mass is 32.2. The number of aliphatic carboxylic acids is 1. The molecule has 0 aromatic heterocycles. The van der Waals surface area contributed by atoms with Crippen LogP contribution >= 0.6 is 24.0 Å². The van der Waals surface area contributed by atoms with E-state index in [4.69, 9.17) is 26.8 Å². The zero-order chi connectivity index (χ0) is 20.1. The maximum absolute atomic E-state index is 12.8. The molecule has 1 saturated heterocycles. The Morgan fingerprint density at radius 1 is 1.21 bits per heavy atom. The number of thiocarbonyl (C=S) groups is 1. The van der Waals surface area contributed by atoms with Crippen LogP contribution in [0.4, 0.5) is 5.69 Å². The predicted molar refractivity (Wildman–Crippen MR) is 113 cm³/mol. The van der Waals surface area contributed by atoms with E-state index in [0.29, 0.717) is 26.4 Å². The minimum atomic E-state index is -0.918. The Hall–Kier alpha value is -2.84. The molecule has 28 heavy (non-hydrogen) atoms. The summed E-state index contributed by atoms with van der Waals surface area (Å²) in [6, 6.07) is 14.2. The molecular formula is C20H17NO5S2. The van der Waals surface area contributed by atoms with E-state index in [1.54, 1.807) is 55.7 Å². The van der Waals surface area contributed by atoms with Gasteiger partial charge in [-0.15, -0.1) is 0 Å². The number of amides is 1. The van der Waals surface area contributed by atoms with Crippen LogP contribution in [0.1, 0.15) is 12.0 Å². The van der Waals surface area contributed by atoms with Gasteiger partial charge in [0.1, 0.15) is 11.5 Å². The van der Waals surface area contributed by atoms with E-state index in [2.05, 4.69) is 0 Å². The number of hydrogen-bond acceptors (Lipinski definition) is 6. The fourth-order valence-electron chi connectivity index (χ4n) is 2.52. The third-order valence-electron chi connectivity index (χ3n) is 3.86. The van der Waals surface area contributed by atoms with Crippen LogP contribution in [-0.4, -0.2) is 35.0 Å². The fourth-order valence-corrected chi connectivity index (χ4v) is 3.82. The Balaban J connectivity index is 1.76. The van der Waals surface area contributed by atoms with Crippen molar-refractivity contribution < 1.29 is 24.2 Å². The Kier molecular flexibility index (Phi) is 6.33. The first-order valence-corrected chi connectivity index (χ1v) is 9.57. The van der Waals surface area contributed by atoms with E-state index in [0.717, 1.165) is 5.56 Å². The molecule has 0 bridgehead atoms. The van der Waals surface area contributed by atoms with Crippen LogP contribution in [0, 0.1) is 0 Å². The lowest BCUT2D eigenvalue weighted by Crippen LogP contribution is -2.27. The molecule has 6 nitrogen and oxygen atoms in total. The van der Waals surface area contributed by atoms with E-state index in [9.17, 15) is 9.59 Å². The summed E-state index contributed by atoms with van der Waals surface area (Å²) >= 11 is 6.61. The summed E-state index contributed by atoms with van der Waals surface area (Å²) in [5, 5.41) is 8.68. The summed E-state index contributed by atoms with van der Waals surface area (Å²) in [6.45, 7) is 0.0817. The monoisotopic (exact) mass is 415 g/mol. The number of methoxy groups -OCH3 is 1. The van der Waals surface area contributed by atoms with Gasteiger partial charge in [-0.05, 0) is 48.0 Å². The Bertz CT molecular complexity index is 940. The highest BCUT2D eigenvalue weighted by molar-refractivity contribution is 8.27. The highest BCUT2D eigenvalue weighted by Gasteiger charge is 2.33. The van der Waals surface area contributed by atoms with Gasteiger partial charge in [0.25, 0.3) is 5.91 Å². The first-order valence-electron chi connectivity index (χ1n) is 8.34. The van der Waals surface area contributed by atoms with E-state index in [1.165, 1.54) is 16.7 Å².